The first-order valence-corrected chi connectivity index (χ1v) is 8.51. The number of benzene rings is 1. The Labute approximate surface area is 130 Å². The van der Waals surface area contributed by atoms with Crippen molar-refractivity contribution in [3.05, 3.63) is 46.7 Å². The van der Waals surface area contributed by atoms with Crippen LogP contribution < -0.4 is 0 Å². The van der Waals surface area contributed by atoms with Crippen molar-refractivity contribution in [1.82, 2.24) is 9.59 Å². The molecule has 0 aliphatic rings. The second-order valence-corrected chi connectivity index (χ2v) is 6.93. The van der Waals surface area contributed by atoms with Gasteiger partial charge in [0.05, 0.1) is 4.70 Å². The largest absolute Gasteiger partial charge is 0.203 e. The van der Waals surface area contributed by atoms with Gasteiger partial charge >= 0.3 is 0 Å². The van der Waals surface area contributed by atoms with Gasteiger partial charge in [-0.25, -0.2) is 8.78 Å². The molecular weight excluding hydrogens is 330 g/mol. The lowest BCUT2D eigenvalue weighted by Gasteiger charge is -2.09. The fourth-order valence-electron chi connectivity index (χ4n) is 2.24. The molecule has 0 saturated carbocycles. The minimum Gasteiger partial charge on any atom is -0.203 e. The highest BCUT2D eigenvalue weighted by Gasteiger charge is 2.25. The van der Waals surface area contributed by atoms with E-state index >= 15 is 0 Å². The van der Waals surface area contributed by atoms with Gasteiger partial charge in [0.15, 0.2) is 11.6 Å². The molecule has 4 rings (SSSR count). The SMILES string of the molecule is Fc1c(-c2cccs2)c(-c2cccs2)c2snnc2c1F. The molecule has 0 bridgehead atoms. The summed E-state index contributed by atoms with van der Waals surface area (Å²) in [7, 11) is 0. The van der Waals surface area contributed by atoms with Gasteiger partial charge in [-0.05, 0) is 34.4 Å². The molecule has 0 aliphatic carbocycles. The molecule has 4 aromatic rings. The lowest BCUT2D eigenvalue weighted by molar-refractivity contribution is 0.518. The highest BCUT2D eigenvalue weighted by molar-refractivity contribution is 7.17. The third kappa shape index (κ3) is 1.92. The predicted octanol–water partition coefficient (Wildman–Crippen LogP) is 5.43. The van der Waals surface area contributed by atoms with Crippen LogP contribution in [0.25, 0.3) is 31.1 Å². The average molecular weight is 336 g/mol. The van der Waals surface area contributed by atoms with Crippen molar-refractivity contribution in [2.45, 2.75) is 0 Å². The summed E-state index contributed by atoms with van der Waals surface area (Å²) in [6.07, 6.45) is 0. The van der Waals surface area contributed by atoms with Crippen molar-refractivity contribution in [3.8, 4) is 20.9 Å². The van der Waals surface area contributed by atoms with E-state index in [0.29, 0.717) is 20.7 Å². The van der Waals surface area contributed by atoms with E-state index in [1.54, 1.807) is 6.07 Å². The molecule has 1 aromatic carbocycles. The smallest absolute Gasteiger partial charge is 0.188 e. The topological polar surface area (TPSA) is 25.8 Å². The zero-order valence-electron chi connectivity index (χ0n) is 10.3. The summed E-state index contributed by atoms with van der Waals surface area (Å²) in [6, 6.07) is 7.40. The van der Waals surface area contributed by atoms with Gasteiger partial charge in [0, 0.05) is 20.9 Å². The number of nitrogens with zero attached hydrogens (tertiary/aromatic N) is 2. The van der Waals surface area contributed by atoms with Crippen molar-refractivity contribution in [2.24, 2.45) is 0 Å². The lowest BCUT2D eigenvalue weighted by atomic mass is 10.0. The molecule has 3 heterocycles. The maximum Gasteiger partial charge on any atom is 0.188 e. The number of aromatic nitrogens is 2. The molecule has 0 aliphatic heterocycles. The van der Waals surface area contributed by atoms with E-state index in [2.05, 4.69) is 9.59 Å². The Balaban J connectivity index is 2.20. The first-order valence-electron chi connectivity index (χ1n) is 5.98. The molecule has 0 atom stereocenters. The summed E-state index contributed by atoms with van der Waals surface area (Å²) in [5, 5.41) is 7.49. The molecule has 104 valence electrons. The summed E-state index contributed by atoms with van der Waals surface area (Å²) < 4.78 is 33.2. The zero-order valence-corrected chi connectivity index (χ0v) is 12.8. The van der Waals surface area contributed by atoms with Gasteiger partial charge in [-0.2, -0.15) is 0 Å². The van der Waals surface area contributed by atoms with Crippen LogP contribution in [-0.4, -0.2) is 9.59 Å². The number of thiophene rings is 2. The van der Waals surface area contributed by atoms with Crippen LogP contribution in [0.3, 0.4) is 0 Å². The summed E-state index contributed by atoms with van der Waals surface area (Å²) in [6.45, 7) is 0. The van der Waals surface area contributed by atoms with E-state index in [9.17, 15) is 8.78 Å². The average Bonchev–Trinajstić information content (AvgIpc) is 3.23. The van der Waals surface area contributed by atoms with E-state index in [1.807, 2.05) is 29.0 Å². The third-order valence-electron chi connectivity index (χ3n) is 3.12. The van der Waals surface area contributed by atoms with Gasteiger partial charge in [0.2, 0.25) is 0 Å². The van der Waals surface area contributed by atoms with E-state index < -0.39 is 11.6 Å². The summed E-state index contributed by atoms with van der Waals surface area (Å²) in [4.78, 5) is 1.58. The fraction of sp³-hybridized carbons (Fsp3) is 0. The van der Waals surface area contributed by atoms with E-state index in [-0.39, 0.29) is 5.52 Å². The third-order valence-corrected chi connectivity index (χ3v) is 5.64. The van der Waals surface area contributed by atoms with Crippen LogP contribution in [-0.2, 0) is 0 Å². The Morgan fingerprint density at radius 1 is 0.857 bits per heavy atom. The van der Waals surface area contributed by atoms with Crippen LogP contribution in [0.2, 0.25) is 0 Å². The molecule has 0 unspecified atom stereocenters. The number of rotatable bonds is 2. The predicted molar refractivity (Wildman–Crippen MR) is 84.0 cm³/mol. The molecule has 21 heavy (non-hydrogen) atoms. The number of fused-ring (bicyclic) bond motifs is 1. The van der Waals surface area contributed by atoms with E-state index in [1.165, 1.54) is 22.7 Å². The molecule has 3 aromatic heterocycles. The number of hydrogen-bond donors (Lipinski definition) is 0. The van der Waals surface area contributed by atoms with Gasteiger partial charge in [0.1, 0.15) is 5.52 Å². The van der Waals surface area contributed by atoms with Crippen molar-refractivity contribution in [3.63, 3.8) is 0 Å². The van der Waals surface area contributed by atoms with E-state index in [0.717, 1.165) is 16.4 Å². The van der Waals surface area contributed by atoms with Crippen LogP contribution in [0, 0.1) is 11.6 Å². The van der Waals surface area contributed by atoms with Gasteiger partial charge in [-0.3, -0.25) is 0 Å². The monoisotopic (exact) mass is 336 g/mol. The molecule has 0 fully saturated rings. The molecular formula is C14H6F2N2S3. The Morgan fingerprint density at radius 2 is 1.52 bits per heavy atom. The van der Waals surface area contributed by atoms with Crippen molar-refractivity contribution in [1.29, 1.82) is 0 Å². The highest BCUT2D eigenvalue weighted by atomic mass is 32.1. The van der Waals surface area contributed by atoms with Gasteiger partial charge in [0.25, 0.3) is 0 Å². The molecule has 0 spiro atoms. The number of halogens is 2. The molecule has 2 nitrogen and oxygen atoms in total. The quantitative estimate of drug-likeness (QED) is 0.488. The molecule has 0 N–H and O–H groups in total. The second kappa shape index (κ2) is 4.94. The first kappa shape index (κ1) is 13.0. The van der Waals surface area contributed by atoms with Crippen LogP contribution >= 0.6 is 34.2 Å². The minimum absolute atomic E-state index is 0.00112. The Morgan fingerprint density at radius 3 is 2.14 bits per heavy atom. The van der Waals surface area contributed by atoms with Crippen LogP contribution in [0.1, 0.15) is 0 Å². The maximum absolute atomic E-state index is 14.6. The Bertz CT molecular complexity index is 912. The Hall–Kier alpha value is -1.70. The standard InChI is InChI=1S/C14H6F2N2S3/c15-11-9(7-3-1-5-19-7)10(8-4-2-6-20-8)14-13(12(11)16)17-18-21-14/h1-6H. The summed E-state index contributed by atoms with van der Waals surface area (Å²) >= 11 is 3.96. The fourth-order valence-corrected chi connectivity index (χ4v) is 4.59. The Kier molecular flexibility index (Phi) is 3.06. The van der Waals surface area contributed by atoms with Crippen molar-refractivity contribution in [2.75, 3.05) is 0 Å². The van der Waals surface area contributed by atoms with Gasteiger partial charge < -0.3 is 0 Å². The maximum atomic E-state index is 14.6. The van der Waals surface area contributed by atoms with Gasteiger partial charge in [-0.15, -0.1) is 27.8 Å². The minimum atomic E-state index is -0.928. The lowest BCUT2D eigenvalue weighted by Crippen LogP contribution is -1.94. The highest BCUT2D eigenvalue weighted by Crippen LogP contribution is 2.45. The number of hydrogen-bond acceptors (Lipinski definition) is 5. The summed E-state index contributed by atoms with van der Waals surface area (Å²) in [5.41, 5.74) is 0.973. The summed E-state index contributed by atoms with van der Waals surface area (Å²) in [5.74, 6) is -1.79. The van der Waals surface area contributed by atoms with Gasteiger partial charge in [-0.1, -0.05) is 16.6 Å². The molecule has 0 saturated heterocycles. The van der Waals surface area contributed by atoms with Crippen molar-refractivity contribution >= 4 is 44.4 Å². The van der Waals surface area contributed by atoms with Crippen LogP contribution in [0.5, 0.6) is 0 Å². The van der Waals surface area contributed by atoms with E-state index in [4.69, 9.17) is 0 Å². The van der Waals surface area contributed by atoms with Crippen LogP contribution in [0.4, 0.5) is 8.78 Å². The normalized spacial score (nSPS) is 11.3. The second-order valence-electron chi connectivity index (χ2n) is 4.28. The zero-order chi connectivity index (χ0) is 14.4. The molecule has 7 heteroatoms. The van der Waals surface area contributed by atoms with Crippen molar-refractivity contribution < 1.29 is 8.78 Å². The molecule has 0 amide bonds. The first-order chi connectivity index (χ1) is 10.3. The molecule has 0 radical (unpaired) electrons. The van der Waals surface area contributed by atoms with Crippen LogP contribution in [0.15, 0.2) is 35.0 Å².